The summed E-state index contributed by atoms with van der Waals surface area (Å²) in [5.41, 5.74) is 2.66. The summed E-state index contributed by atoms with van der Waals surface area (Å²) in [5.74, 6) is -0.185. The zero-order valence-corrected chi connectivity index (χ0v) is 12.8. The van der Waals surface area contributed by atoms with E-state index >= 15 is 0 Å². The Kier molecular flexibility index (Phi) is 3.68. The van der Waals surface area contributed by atoms with Crippen molar-refractivity contribution < 1.29 is 9.59 Å². The Morgan fingerprint density at radius 1 is 0.952 bits per heavy atom. The second-order valence-corrected chi connectivity index (χ2v) is 6.68. The van der Waals surface area contributed by atoms with Crippen LogP contribution in [0.5, 0.6) is 0 Å². The minimum Gasteiger partial charge on any atom is -0.289 e. The zero-order valence-electron chi connectivity index (χ0n) is 12.0. The topological polar surface area (TPSA) is 34.1 Å². The molecule has 0 saturated carbocycles. The molecular weight excluding hydrogens is 280 g/mol. The minimum atomic E-state index is -0.404. The lowest BCUT2D eigenvalue weighted by atomic mass is 10.0. The molecule has 3 heteroatoms. The molecule has 1 atom stereocenters. The van der Waals surface area contributed by atoms with Crippen molar-refractivity contribution in [2.75, 3.05) is 0 Å². The largest absolute Gasteiger partial charge is 0.289 e. The summed E-state index contributed by atoms with van der Waals surface area (Å²) in [6, 6.07) is 15.5. The van der Waals surface area contributed by atoms with Gasteiger partial charge in [-0.3, -0.25) is 9.59 Å². The van der Waals surface area contributed by atoms with Crippen molar-refractivity contribution in [3.8, 4) is 0 Å². The number of fused-ring (bicyclic) bond motifs is 1. The third-order valence-electron chi connectivity index (χ3n) is 3.75. The van der Waals surface area contributed by atoms with E-state index in [1.807, 2.05) is 24.3 Å². The standard InChI is InChI=1S/C18H16O2S/c1-11(2)12-7-9-13(10-8-12)21-18-15-6-4-3-5-14(15)16(19)17(18)20/h3-11,18H,1-2H3. The molecule has 2 aromatic rings. The predicted molar refractivity (Wildman–Crippen MR) is 84.9 cm³/mol. The molecule has 0 heterocycles. The van der Waals surface area contributed by atoms with Crippen molar-refractivity contribution in [1.82, 2.24) is 0 Å². The van der Waals surface area contributed by atoms with Crippen LogP contribution in [0.25, 0.3) is 0 Å². The first-order chi connectivity index (χ1) is 10.1. The smallest absolute Gasteiger partial charge is 0.230 e. The summed E-state index contributed by atoms with van der Waals surface area (Å²) < 4.78 is 0. The number of rotatable bonds is 3. The third kappa shape index (κ3) is 2.54. The molecule has 0 saturated heterocycles. The van der Waals surface area contributed by atoms with Gasteiger partial charge < -0.3 is 0 Å². The molecule has 0 fully saturated rings. The van der Waals surface area contributed by atoms with Crippen LogP contribution in [-0.2, 0) is 4.79 Å². The Morgan fingerprint density at radius 2 is 1.62 bits per heavy atom. The van der Waals surface area contributed by atoms with Crippen LogP contribution in [0, 0.1) is 0 Å². The van der Waals surface area contributed by atoms with Gasteiger partial charge in [0.1, 0.15) is 5.25 Å². The molecule has 1 aliphatic rings. The molecule has 0 aromatic heterocycles. The van der Waals surface area contributed by atoms with Gasteiger partial charge in [-0.25, -0.2) is 0 Å². The van der Waals surface area contributed by atoms with E-state index in [1.54, 1.807) is 12.1 Å². The number of ketones is 2. The van der Waals surface area contributed by atoms with Gasteiger partial charge in [0.05, 0.1) is 0 Å². The summed E-state index contributed by atoms with van der Waals surface area (Å²) in [6.45, 7) is 4.30. The van der Waals surface area contributed by atoms with E-state index in [9.17, 15) is 9.59 Å². The van der Waals surface area contributed by atoms with Crippen molar-refractivity contribution in [1.29, 1.82) is 0 Å². The van der Waals surface area contributed by atoms with E-state index < -0.39 is 5.25 Å². The fourth-order valence-electron chi connectivity index (χ4n) is 2.51. The Morgan fingerprint density at radius 3 is 2.29 bits per heavy atom. The molecule has 0 N–H and O–H groups in total. The zero-order chi connectivity index (χ0) is 15.0. The number of thioether (sulfide) groups is 1. The molecule has 1 unspecified atom stereocenters. The maximum absolute atomic E-state index is 12.2. The van der Waals surface area contributed by atoms with Crippen molar-refractivity contribution in [2.24, 2.45) is 0 Å². The molecule has 0 bridgehead atoms. The number of carbonyl (C=O) groups excluding carboxylic acids is 2. The lowest BCUT2D eigenvalue weighted by molar-refractivity contribution is -0.114. The van der Waals surface area contributed by atoms with Gasteiger partial charge in [-0.15, -0.1) is 11.8 Å². The van der Waals surface area contributed by atoms with E-state index in [-0.39, 0.29) is 11.6 Å². The molecule has 0 aliphatic heterocycles. The normalized spacial score (nSPS) is 17.4. The minimum absolute atomic E-state index is 0.311. The van der Waals surface area contributed by atoms with Crippen LogP contribution < -0.4 is 0 Å². The molecule has 21 heavy (non-hydrogen) atoms. The first-order valence-electron chi connectivity index (χ1n) is 7.02. The van der Waals surface area contributed by atoms with Crippen LogP contribution in [0.2, 0.25) is 0 Å². The van der Waals surface area contributed by atoms with Crippen LogP contribution in [0.1, 0.15) is 46.5 Å². The van der Waals surface area contributed by atoms with Crippen LogP contribution in [0.3, 0.4) is 0 Å². The molecule has 3 rings (SSSR count). The van der Waals surface area contributed by atoms with Crippen LogP contribution >= 0.6 is 11.8 Å². The summed E-state index contributed by atoms with van der Waals surface area (Å²) in [6.07, 6.45) is 0. The number of benzene rings is 2. The number of hydrogen-bond donors (Lipinski definition) is 0. The highest BCUT2D eigenvalue weighted by Gasteiger charge is 2.38. The Labute approximate surface area is 128 Å². The maximum atomic E-state index is 12.2. The number of carbonyl (C=O) groups is 2. The van der Waals surface area contributed by atoms with E-state index in [0.29, 0.717) is 11.5 Å². The molecule has 106 valence electrons. The maximum Gasteiger partial charge on any atom is 0.230 e. The Balaban J connectivity index is 1.88. The molecule has 2 nitrogen and oxygen atoms in total. The summed E-state index contributed by atoms with van der Waals surface area (Å²) >= 11 is 1.46. The highest BCUT2D eigenvalue weighted by Crippen LogP contribution is 2.42. The van der Waals surface area contributed by atoms with E-state index in [0.717, 1.165) is 10.5 Å². The van der Waals surface area contributed by atoms with E-state index in [2.05, 4.69) is 26.0 Å². The van der Waals surface area contributed by atoms with Gasteiger partial charge in [0.2, 0.25) is 11.6 Å². The lowest BCUT2D eigenvalue weighted by Crippen LogP contribution is -2.09. The predicted octanol–water partition coefficient (Wildman–Crippen LogP) is 4.41. The van der Waals surface area contributed by atoms with Crippen LogP contribution in [0.4, 0.5) is 0 Å². The quantitative estimate of drug-likeness (QED) is 0.787. The first kappa shape index (κ1) is 14.1. The molecular formula is C18H16O2S. The molecule has 2 aromatic carbocycles. The average Bonchev–Trinajstić information content (AvgIpc) is 2.73. The van der Waals surface area contributed by atoms with Gasteiger partial charge in [0, 0.05) is 10.5 Å². The lowest BCUT2D eigenvalue weighted by Gasteiger charge is -2.11. The highest BCUT2D eigenvalue weighted by atomic mass is 32.2. The van der Waals surface area contributed by atoms with E-state index in [4.69, 9.17) is 0 Å². The molecule has 0 amide bonds. The molecule has 1 aliphatic carbocycles. The van der Waals surface area contributed by atoms with E-state index in [1.165, 1.54) is 17.3 Å². The van der Waals surface area contributed by atoms with Gasteiger partial charge >= 0.3 is 0 Å². The van der Waals surface area contributed by atoms with Crippen molar-refractivity contribution in [3.63, 3.8) is 0 Å². The summed E-state index contributed by atoms with van der Waals surface area (Å²) in [7, 11) is 0. The van der Waals surface area contributed by atoms with Gasteiger partial charge in [-0.1, -0.05) is 50.2 Å². The SMILES string of the molecule is CC(C)c1ccc(SC2C(=O)C(=O)c3ccccc32)cc1. The molecule has 0 spiro atoms. The monoisotopic (exact) mass is 296 g/mol. The summed E-state index contributed by atoms with van der Waals surface area (Å²) in [4.78, 5) is 25.2. The van der Waals surface area contributed by atoms with Gasteiger partial charge in [-0.05, 0) is 29.2 Å². The first-order valence-corrected chi connectivity index (χ1v) is 7.90. The molecule has 0 radical (unpaired) electrons. The second-order valence-electron chi connectivity index (χ2n) is 5.50. The van der Waals surface area contributed by atoms with Gasteiger partial charge in [0.25, 0.3) is 0 Å². The van der Waals surface area contributed by atoms with Gasteiger partial charge in [-0.2, -0.15) is 0 Å². The fraction of sp³-hybridized carbons (Fsp3) is 0.222. The van der Waals surface area contributed by atoms with Crippen molar-refractivity contribution in [2.45, 2.75) is 29.9 Å². The Hall–Kier alpha value is -1.87. The van der Waals surface area contributed by atoms with Crippen molar-refractivity contribution >= 4 is 23.3 Å². The summed E-state index contributed by atoms with van der Waals surface area (Å²) in [5, 5.41) is -0.404. The third-order valence-corrected chi connectivity index (χ3v) is 5.00. The van der Waals surface area contributed by atoms with Crippen LogP contribution in [0.15, 0.2) is 53.4 Å². The number of hydrogen-bond acceptors (Lipinski definition) is 3. The fourth-order valence-corrected chi connectivity index (χ4v) is 3.62. The highest BCUT2D eigenvalue weighted by molar-refractivity contribution is 8.00. The number of Topliss-reactive ketones (excluding diaryl/α,β-unsaturated/α-hetero) is 2. The Bertz CT molecular complexity index is 701. The van der Waals surface area contributed by atoms with Gasteiger partial charge in [0.15, 0.2) is 0 Å². The second kappa shape index (κ2) is 5.49. The van der Waals surface area contributed by atoms with Crippen LogP contribution in [-0.4, -0.2) is 11.6 Å². The average molecular weight is 296 g/mol. The van der Waals surface area contributed by atoms with Crippen molar-refractivity contribution in [3.05, 3.63) is 65.2 Å².